The van der Waals surface area contributed by atoms with Crippen LogP contribution in [0.5, 0.6) is 0 Å². The van der Waals surface area contributed by atoms with Crippen LogP contribution in [-0.2, 0) is 16.7 Å². The second kappa shape index (κ2) is 11.1. The van der Waals surface area contributed by atoms with E-state index < -0.39 is 17.7 Å². The van der Waals surface area contributed by atoms with Crippen molar-refractivity contribution in [3.63, 3.8) is 0 Å². The highest BCUT2D eigenvalue weighted by molar-refractivity contribution is 7.98. The lowest BCUT2D eigenvalue weighted by Crippen LogP contribution is -2.39. The van der Waals surface area contributed by atoms with Gasteiger partial charge in [0.25, 0.3) is 0 Å². The highest BCUT2D eigenvalue weighted by Gasteiger charge is 2.41. The van der Waals surface area contributed by atoms with E-state index in [-0.39, 0.29) is 35.1 Å². The van der Waals surface area contributed by atoms with E-state index in [0.29, 0.717) is 29.9 Å². The number of hydrogen-bond donors (Lipinski definition) is 1. The second-order valence-electron chi connectivity index (χ2n) is 10.2. The summed E-state index contributed by atoms with van der Waals surface area (Å²) in [4.78, 5) is 15.9. The van der Waals surface area contributed by atoms with Crippen LogP contribution in [0, 0.1) is 31.0 Å². The highest BCUT2D eigenvalue weighted by atomic mass is 32.2. The molecule has 1 atom stereocenters. The molecule has 0 saturated heterocycles. The molecular formula is C32H27F4N3OS. The Labute approximate surface area is 240 Å². The number of halogens is 4. The summed E-state index contributed by atoms with van der Waals surface area (Å²) < 4.78 is 54.0. The Kier molecular flexibility index (Phi) is 7.71. The van der Waals surface area contributed by atoms with Crippen LogP contribution in [0.15, 0.2) is 88.2 Å². The smallest absolute Gasteiger partial charge is 0.384 e. The number of thioether (sulfide) groups is 1. The molecule has 1 unspecified atom stereocenters. The quantitative estimate of drug-likeness (QED) is 0.245. The average molecular weight is 578 g/mol. The molecule has 1 aliphatic carbocycles. The molecule has 3 aromatic rings. The normalized spacial score (nSPS) is 17.5. The van der Waals surface area contributed by atoms with E-state index >= 15 is 0 Å². The van der Waals surface area contributed by atoms with Crippen molar-refractivity contribution in [1.82, 2.24) is 0 Å². The fourth-order valence-corrected chi connectivity index (χ4v) is 6.55. The first-order valence-electron chi connectivity index (χ1n) is 13.1. The number of hydrogen-bond acceptors (Lipinski definition) is 5. The Hall–Kier alpha value is -4.03. The molecule has 41 heavy (non-hydrogen) atoms. The van der Waals surface area contributed by atoms with Gasteiger partial charge in [-0.2, -0.15) is 18.4 Å². The van der Waals surface area contributed by atoms with Gasteiger partial charge in [0.1, 0.15) is 11.6 Å². The molecule has 0 spiro atoms. The number of allylic oxidation sites excluding steroid dienone is 3. The van der Waals surface area contributed by atoms with Gasteiger partial charge in [0.05, 0.1) is 23.1 Å². The van der Waals surface area contributed by atoms with E-state index in [0.717, 1.165) is 39.3 Å². The van der Waals surface area contributed by atoms with Gasteiger partial charge in [-0.05, 0) is 91.4 Å². The summed E-state index contributed by atoms with van der Waals surface area (Å²) >= 11 is 1.54. The molecule has 1 aliphatic heterocycles. The summed E-state index contributed by atoms with van der Waals surface area (Å²) in [6, 6.07) is 17.2. The van der Waals surface area contributed by atoms with Gasteiger partial charge in [-0.25, -0.2) is 4.39 Å². The Bertz CT molecular complexity index is 1630. The van der Waals surface area contributed by atoms with Crippen LogP contribution in [-0.4, -0.2) is 5.78 Å². The van der Waals surface area contributed by atoms with E-state index in [1.54, 1.807) is 23.9 Å². The first-order valence-corrected chi connectivity index (χ1v) is 14.1. The number of nitriles is 1. The van der Waals surface area contributed by atoms with Crippen LogP contribution in [0.1, 0.15) is 53.0 Å². The summed E-state index contributed by atoms with van der Waals surface area (Å²) in [5.41, 5.74) is 10.6. The maximum Gasteiger partial charge on any atom is 0.416 e. The molecule has 5 rings (SSSR count). The van der Waals surface area contributed by atoms with Crippen molar-refractivity contribution in [2.24, 2.45) is 5.73 Å². The lowest BCUT2D eigenvalue weighted by Gasteiger charge is -2.40. The number of ketones is 1. The standard InChI is InChI=1S/C32H27F4N3OS/c1-18-13-19(2)25(14-20(18)17-41-24-11-9-22(33)10-12-24)29-26(16-37)31(38)39(27-7-4-8-28(40)30(27)29)23-6-3-5-21(15-23)32(34,35)36/h3,5-6,9-15,29H,4,7-8,17,38H2,1-2H3. The third kappa shape index (κ3) is 5.49. The average Bonchev–Trinajstić information content (AvgIpc) is 2.93. The van der Waals surface area contributed by atoms with Crippen molar-refractivity contribution < 1.29 is 22.4 Å². The van der Waals surface area contributed by atoms with Crippen molar-refractivity contribution in [3.8, 4) is 6.07 Å². The predicted molar refractivity (Wildman–Crippen MR) is 151 cm³/mol. The van der Waals surface area contributed by atoms with E-state index in [1.807, 2.05) is 26.0 Å². The third-order valence-electron chi connectivity index (χ3n) is 7.59. The predicted octanol–water partition coefficient (Wildman–Crippen LogP) is 8.06. The summed E-state index contributed by atoms with van der Waals surface area (Å²) in [6.07, 6.45) is -3.32. The molecule has 0 radical (unpaired) electrons. The summed E-state index contributed by atoms with van der Waals surface area (Å²) in [6.45, 7) is 3.90. The molecule has 9 heteroatoms. The van der Waals surface area contributed by atoms with Crippen LogP contribution in [0.25, 0.3) is 0 Å². The van der Waals surface area contributed by atoms with Gasteiger partial charge < -0.3 is 5.73 Å². The molecule has 0 amide bonds. The zero-order valence-corrected chi connectivity index (χ0v) is 23.3. The molecule has 2 N–H and O–H groups in total. The van der Waals surface area contributed by atoms with Gasteiger partial charge in [-0.1, -0.05) is 18.2 Å². The van der Waals surface area contributed by atoms with Gasteiger partial charge in [-0.15, -0.1) is 11.8 Å². The Morgan fingerprint density at radius 3 is 2.46 bits per heavy atom. The molecule has 2 aliphatic rings. The number of Topliss-reactive ketones (excluding diaryl/α,β-unsaturated/α-hetero) is 1. The number of nitrogens with zero attached hydrogens (tertiary/aromatic N) is 2. The van der Waals surface area contributed by atoms with Crippen LogP contribution in [0.3, 0.4) is 0 Å². The fraction of sp³-hybridized carbons (Fsp3) is 0.250. The highest BCUT2D eigenvalue weighted by Crippen LogP contribution is 2.48. The van der Waals surface area contributed by atoms with Gasteiger partial charge in [0.2, 0.25) is 0 Å². The van der Waals surface area contributed by atoms with Crippen LogP contribution < -0.4 is 10.6 Å². The van der Waals surface area contributed by atoms with Crippen LogP contribution >= 0.6 is 11.8 Å². The van der Waals surface area contributed by atoms with E-state index in [9.17, 15) is 27.6 Å². The fourth-order valence-electron chi connectivity index (χ4n) is 5.59. The molecular weight excluding hydrogens is 550 g/mol. The van der Waals surface area contributed by atoms with Crippen molar-refractivity contribution in [1.29, 1.82) is 5.26 Å². The maximum atomic E-state index is 13.6. The molecule has 4 nitrogen and oxygen atoms in total. The third-order valence-corrected chi connectivity index (χ3v) is 8.65. The molecule has 210 valence electrons. The Morgan fingerprint density at radius 1 is 1.05 bits per heavy atom. The number of carbonyl (C=O) groups excluding carboxylic acids is 1. The number of alkyl halides is 3. The molecule has 0 saturated carbocycles. The minimum Gasteiger partial charge on any atom is -0.384 e. The largest absolute Gasteiger partial charge is 0.416 e. The number of benzene rings is 3. The van der Waals surface area contributed by atoms with E-state index in [1.165, 1.54) is 29.2 Å². The summed E-state index contributed by atoms with van der Waals surface area (Å²) in [7, 11) is 0. The van der Waals surface area contributed by atoms with Gasteiger partial charge >= 0.3 is 6.18 Å². The van der Waals surface area contributed by atoms with Gasteiger partial charge in [0, 0.05) is 34.0 Å². The van der Waals surface area contributed by atoms with Crippen molar-refractivity contribution in [2.75, 3.05) is 4.90 Å². The number of anilines is 1. The van der Waals surface area contributed by atoms with Gasteiger partial charge in [-0.3, -0.25) is 9.69 Å². The number of nitrogens with two attached hydrogens (primary N) is 1. The van der Waals surface area contributed by atoms with Crippen molar-refractivity contribution >= 4 is 23.2 Å². The number of rotatable bonds is 5. The maximum absolute atomic E-state index is 13.6. The number of aryl methyl sites for hydroxylation is 2. The zero-order valence-electron chi connectivity index (χ0n) is 22.5. The second-order valence-corrected chi connectivity index (χ2v) is 11.3. The first-order chi connectivity index (χ1) is 19.5. The summed E-state index contributed by atoms with van der Waals surface area (Å²) in [5, 5.41) is 10.3. The van der Waals surface area contributed by atoms with Crippen molar-refractivity contribution in [2.45, 2.75) is 55.9 Å². The number of carbonyl (C=O) groups is 1. The monoisotopic (exact) mass is 577 g/mol. The van der Waals surface area contributed by atoms with E-state index in [2.05, 4.69) is 6.07 Å². The van der Waals surface area contributed by atoms with E-state index in [4.69, 9.17) is 5.73 Å². The SMILES string of the molecule is Cc1cc(C)c(C2C(C#N)=C(N)N(c3cccc(C(F)(F)F)c3)C3=C2C(=O)CCC3)cc1CSc1ccc(F)cc1. The Balaban J connectivity index is 1.63. The molecule has 0 aromatic heterocycles. The molecule has 0 fully saturated rings. The first kappa shape index (κ1) is 28.5. The minimum atomic E-state index is -4.56. The minimum absolute atomic E-state index is 0.0208. The lowest BCUT2D eigenvalue weighted by atomic mass is 9.74. The molecule has 3 aromatic carbocycles. The van der Waals surface area contributed by atoms with Crippen LogP contribution in [0.4, 0.5) is 23.2 Å². The lowest BCUT2D eigenvalue weighted by molar-refractivity contribution is -0.137. The summed E-state index contributed by atoms with van der Waals surface area (Å²) in [5.74, 6) is -0.591. The molecule has 0 bridgehead atoms. The van der Waals surface area contributed by atoms with Crippen molar-refractivity contribution in [3.05, 3.63) is 117 Å². The molecule has 1 heterocycles. The Morgan fingerprint density at radius 2 is 1.78 bits per heavy atom. The topological polar surface area (TPSA) is 70.1 Å². The zero-order chi connectivity index (χ0) is 29.5. The van der Waals surface area contributed by atoms with Crippen LogP contribution in [0.2, 0.25) is 0 Å². The van der Waals surface area contributed by atoms with Gasteiger partial charge in [0.15, 0.2) is 5.78 Å².